The van der Waals surface area contributed by atoms with E-state index < -0.39 is 17.5 Å². The molecule has 0 aromatic heterocycles. The SMILES string of the molecule is COc1cc(OC)c(C(=O)Nc2cc(F)c(I)c(F)c2)cc1OC. The Morgan fingerprint density at radius 1 is 0.917 bits per heavy atom. The summed E-state index contributed by atoms with van der Waals surface area (Å²) in [6, 6.07) is 4.99. The molecule has 2 rings (SSSR count). The van der Waals surface area contributed by atoms with E-state index in [2.05, 4.69) is 5.32 Å². The highest BCUT2D eigenvalue weighted by Crippen LogP contribution is 2.35. The van der Waals surface area contributed by atoms with E-state index in [0.29, 0.717) is 11.5 Å². The number of amides is 1. The van der Waals surface area contributed by atoms with E-state index in [1.54, 1.807) is 22.6 Å². The Morgan fingerprint density at radius 3 is 1.92 bits per heavy atom. The highest BCUT2D eigenvalue weighted by Gasteiger charge is 2.19. The third-order valence-corrected chi connectivity index (χ3v) is 4.22. The third-order valence-electron chi connectivity index (χ3n) is 3.19. The number of halogens is 3. The number of rotatable bonds is 5. The normalized spacial score (nSPS) is 10.2. The van der Waals surface area contributed by atoms with Gasteiger partial charge >= 0.3 is 0 Å². The summed E-state index contributed by atoms with van der Waals surface area (Å²) in [4.78, 5) is 12.4. The average molecular weight is 449 g/mol. The second kappa shape index (κ2) is 7.65. The van der Waals surface area contributed by atoms with Crippen molar-refractivity contribution in [3.63, 3.8) is 0 Å². The van der Waals surface area contributed by atoms with E-state index in [4.69, 9.17) is 14.2 Å². The first-order valence-corrected chi connectivity index (χ1v) is 7.75. The number of hydrogen-bond donors (Lipinski definition) is 1. The van der Waals surface area contributed by atoms with Crippen LogP contribution in [0.3, 0.4) is 0 Å². The second-order valence-corrected chi connectivity index (χ2v) is 5.69. The summed E-state index contributed by atoms with van der Waals surface area (Å²) in [5.41, 5.74) is 0.127. The zero-order chi connectivity index (χ0) is 17.9. The van der Waals surface area contributed by atoms with Crippen LogP contribution in [0, 0.1) is 15.2 Å². The van der Waals surface area contributed by atoms with Gasteiger partial charge in [0.05, 0.1) is 30.5 Å². The lowest BCUT2D eigenvalue weighted by Crippen LogP contribution is -2.14. The molecule has 0 spiro atoms. The molecule has 0 radical (unpaired) electrons. The molecule has 0 aliphatic heterocycles. The fraction of sp³-hybridized carbons (Fsp3) is 0.188. The van der Waals surface area contributed by atoms with Gasteiger partial charge in [-0.3, -0.25) is 4.79 Å². The molecular weight excluding hydrogens is 435 g/mol. The van der Waals surface area contributed by atoms with Gasteiger partial charge < -0.3 is 19.5 Å². The number of carbonyl (C=O) groups is 1. The van der Waals surface area contributed by atoms with Crippen molar-refractivity contribution in [3.05, 3.63) is 45.0 Å². The molecule has 5 nitrogen and oxygen atoms in total. The summed E-state index contributed by atoms with van der Waals surface area (Å²) in [6.07, 6.45) is 0. The van der Waals surface area contributed by atoms with E-state index >= 15 is 0 Å². The molecule has 0 aliphatic carbocycles. The number of hydrogen-bond acceptors (Lipinski definition) is 4. The maximum atomic E-state index is 13.6. The average Bonchev–Trinajstić information content (AvgIpc) is 2.58. The number of anilines is 1. The lowest BCUT2D eigenvalue weighted by molar-refractivity contribution is 0.102. The quantitative estimate of drug-likeness (QED) is 0.557. The molecule has 0 aliphatic rings. The van der Waals surface area contributed by atoms with Gasteiger partial charge in [-0.1, -0.05) is 0 Å². The van der Waals surface area contributed by atoms with E-state index in [1.807, 2.05) is 0 Å². The summed E-state index contributed by atoms with van der Waals surface area (Å²) in [5.74, 6) is -1.18. The van der Waals surface area contributed by atoms with Crippen LogP contribution >= 0.6 is 22.6 Å². The molecule has 0 atom stereocenters. The van der Waals surface area contributed by atoms with Gasteiger partial charge in [0.25, 0.3) is 5.91 Å². The molecule has 2 aromatic rings. The molecule has 2 aromatic carbocycles. The Labute approximate surface area is 151 Å². The molecule has 128 valence electrons. The summed E-state index contributed by atoms with van der Waals surface area (Å²) < 4.78 is 42.5. The summed E-state index contributed by atoms with van der Waals surface area (Å²) in [5, 5.41) is 2.43. The fourth-order valence-corrected chi connectivity index (χ4v) is 2.34. The Hall–Kier alpha value is -2.10. The van der Waals surface area contributed by atoms with Crippen LogP contribution in [0.5, 0.6) is 17.2 Å². The van der Waals surface area contributed by atoms with Crippen molar-refractivity contribution in [1.82, 2.24) is 0 Å². The molecule has 0 saturated carbocycles. The minimum atomic E-state index is -0.759. The van der Waals surface area contributed by atoms with E-state index in [-0.39, 0.29) is 20.6 Å². The molecule has 1 N–H and O–H groups in total. The Balaban J connectivity index is 2.39. The fourth-order valence-electron chi connectivity index (χ4n) is 2.03. The number of ether oxygens (including phenoxy) is 3. The minimum Gasteiger partial charge on any atom is -0.496 e. The van der Waals surface area contributed by atoms with Crippen LogP contribution in [0.25, 0.3) is 0 Å². The van der Waals surface area contributed by atoms with Gasteiger partial charge in [-0.2, -0.15) is 0 Å². The van der Waals surface area contributed by atoms with Crippen LogP contribution < -0.4 is 19.5 Å². The molecular formula is C16H14F2INO4. The van der Waals surface area contributed by atoms with Crippen LogP contribution in [0.4, 0.5) is 14.5 Å². The smallest absolute Gasteiger partial charge is 0.259 e. The topological polar surface area (TPSA) is 56.8 Å². The van der Waals surface area contributed by atoms with Gasteiger partial charge in [-0.25, -0.2) is 8.78 Å². The first kappa shape index (κ1) is 18.2. The van der Waals surface area contributed by atoms with Gasteiger partial charge in [-0.05, 0) is 34.7 Å². The first-order chi connectivity index (χ1) is 11.4. The van der Waals surface area contributed by atoms with Crippen LogP contribution in [-0.4, -0.2) is 27.2 Å². The molecule has 8 heteroatoms. The van der Waals surface area contributed by atoms with Gasteiger partial charge in [0, 0.05) is 17.8 Å². The Morgan fingerprint density at radius 2 is 1.42 bits per heavy atom. The number of benzene rings is 2. The van der Waals surface area contributed by atoms with Gasteiger partial charge in [0.1, 0.15) is 17.4 Å². The number of carbonyl (C=O) groups excluding carboxylic acids is 1. The lowest BCUT2D eigenvalue weighted by Gasteiger charge is -2.14. The summed E-state index contributed by atoms with van der Waals surface area (Å²) in [7, 11) is 4.27. The van der Waals surface area contributed by atoms with Crippen molar-refractivity contribution in [1.29, 1.82) is 0 Å². The maximum absolute atomic E-state index is 13.6. The zero-order valence-corrected chi connectivity index (χ0v) is 15.2. The highest BCUT2D eigenvalue weighted by atomic mass is 127. The van der Waals surface area contributed by atoms with Crippen molar-refractivity contribution in [2.75, 3.05) is 26.6 Å². The molecule has 0 saturated heterocycles. The molecule has 0 heterocycles. The maximum Gasteiger partial charge on any atom is 0.259 e. The molecule has 0 bridgehead atoms. The van der Waals surface area contributed by atoms with Gasteiger partial charge in [0.15, 0.2) is 11.5 Å². The van der Waals surface area contributed by atoms with Crippen molar-refractivity contribution in [2.45, 2.75) is 0 Å². The van der Waals surface area contributed by atoms with Crippen LogP contribution in [0.2, 0.25) is 0 Å². The predicted octanol–water partition coefficient (Wildman–Crippen LogP) is 3.85. The molecule has 1 amide bonds. The summed E-state index contributed by atoms with van der Waals surface area (Å²) >= 11 is 1.55. The van der Waals surface area contributed by atoms with Gasteiger partial charge in [0.2, 0.25) is 0 Å². The van der Waals surface area contributed by atoms with Crippen molar-refractivity contribution >= 4 is 34.2 Å². The Kier molecular flexibility index (Phi) is 5.81. The third kappa shape index (κ3) is 3.69. The highest BCUT2D eigenvalue weighted by molar-refractivity contribution is 14.1. The van der Waals surface area contributed by atoms with Crippen LogP contribution in [0.15, 0.2) is 24.3 Å². The standard InChI is InChI=1S/C16H14F2INO4/c1-22-12-7-14(24-3)13(23-2)6-9(12)16(21)20-8-4-10(17)15(19)11(18)5-8/h4-7H,1-3H3,(H,20,21). The van der Waals surface area contributed by atoms with Crippen molar-refractivity contribution in [2.24, 2.45) is 0 Å². The van der Waals surface area contributed by atoms with Crippen molar-refractivity contribution in [3.8, 4) is 17.2 Å². The largest absolute Gasteiger partial charge is 0.496 e. The monoisotopic (exact) mass is 449 g/mol. The summed E-state index contributed by atoms with van der Waals surface area (Å²) in [6.45, 7) is 0. The van der Waals surface area contributed by atoms with Gasteiger partial charge in [-0.15, -0.1) is 0 Å². The molecule has 0 fully saturated rings. The van der Waals surface area contributed by atoms with E-state index in [9.17, 15) is 13.6 Å². The predicted molar refractivity (Wildman–Crippen MR) is 93.1 cm³/mol. The molecule has 0 unspecified atom stereocenters. The zero-order valence-electron chi connectivity index (χ0n) is 13.1. The van der Waals surface area contributed by atoms with Crippen LogP contribution in [-0.2, 0) is 0 Å². The number of methoxy groups -OCH3 is 3. The lowest BCUT2D eigenvalue weighted by atomic mass is 10.1. The Bertz CT molecular complexity index is 760. The van der Waals surface area contributed by atoms with E-state index in [0.717, 1.165) is 12.1 Å². The first-order valence-electron chi connectivity index (χ1n) is 6.67. The molecule has 24 heavy (non-hydrogen) atoms. The number of nitrogens with one attached hydrogen (secondary N) is 1. The van der Waals surface area contributed by atoms with Crippen molar-refractivity contribution < 1.29 is 27.8 Å². The van der Waals surface area contributed by atoms with E-state index in [1.165, 1.54) is 33.5 Å². The second-order valence-electron chi connectivity index (χ2n) is 4.62. The van der Waals surface area contributed by atoms with Crippen LogP contribution in [0.1, 0.15) is 10.4 Å². The minimum absolute atomic E-state index is 0.00717.